The van der Waals surface area contributed by atoms with E-state index in [1.54, 1.807) is 0 Å². The maximum atomic E-state index is 8.83. The third-order valence-electron chi connectivity index (χ3n) is 4.72. The lowest BCUT2D eigenvalue weighted by atomic mass is 9.93. The van der Waals surface area contributed by atoms with Gasteiger partial charge in [-0.25, -0.2) is 0 Å². The molecule has 0 unspecified atom stereocenters. The number of hydrogen-bond acceptors (Lipinski definition) is 1. The van der Waals surface area contributed by atoms with Crippen LogP contribution in [0, 0.1) is 5.41 Å². The Labute approximate surface area is 146 Å². The molecule has 24 heavy (non-hydrogen) atoms. The maximum absolute atomic E-state index is 8.83. The molecule has 0 saturated heterocycles. The zero-order valence-electron chi connectivity index (χ0n) is 13.4. The Morgan fingerprint density at radius 2 is 1.62 bits per heavy atom. The number of aryl methyl sites for hydroxylation is 1. The minimum atomic E-state index is 0.614. The fraction of sp³-hybridized carbons (Fsp3) is 0.190. The van der Waals surface area contributed by atoms with E-state index in [2.05, 4.69) is 22.8 Å². The third-order valence-corrected chi connectivity index (χ3v) is 4.97. The Hall–Kier alpha value is -2.32. The molecule has 0 radical (unpaired) electrons. The maximum Gasteiger partial charge on any atom is 0.133 e. The first-order valence-electron chi connectivity index (χ1n) is 8.37. The molecular weight excluding hydrogens is 316 g/mol. The minimum absolute atomic E-state index is 0.614. The van der Waals surface area contributed by atoms with Crippen molar-refractivity contribution >= 4 is 11.6 Å². The summed E-state index contributed by atoms with van der Waals surface area (Å²) in [4.78, 5) is 0. The van der Waals surface area contributed by atoms with Crippen LogP contribution in [0.25, 0.3) is 22.3 Å². The first-order valence-corrected chi connectivity index (χ1v) is 8.74. The van der Waals surface area contributed by atoms with Crippen molar-refractivity contribution in [3.63, 3.8) is 0 Å². The van der Waals surface area contributed by atoms with Gasteiger partial charge in [0.25, 0.3) is 0 Å². The van der Waals surface area contributed by atoms with E-state index in [9.17, 15) is 0 Å². The van der Waals surface area contributed by atoms with E-state index in [4.69, 9.17) is 17.0 Å². The zero-order valence-corrected chi connectivity index (χ0v) is 14.2. The van der Waals surface area contributed by atoms with Crippen molar-refractivity contribution in [2.45, 2.75) is 25.8 Å². The molecule has 0 amide bonds. The topological polar surface area (TPSA) is 28.8 Å². The summed E-state index contributed by atoms with van der Waals surface area (Å²) in [5, 5.41) is 9.57. The highest BCUT2D eigenvalue weighted by molar-refractivity contribution is 6.30. The van der Waals surface area contributed by atoms with Crippen LogP contribution in [0.4, 0.5) is 0 Å². The molecule has 1 N–H and O–H groups in total. The largest absolute Gasteiger partial charge is 0.330 e. The smallest absolute Gasteiger partial charge is 0.133 e. The van der Waals surface area contributed by atoms with Gasteiger partial charge in [-0.2, -0.15) is 0 Å². The van der Waals surface area contributed by atoms with Gasteiger partial charge in [0.15, 0.2) is 0 Å². The summed E-state index contributed by atoms with van der Waals surface area (Å²) in [5.74, 6) is 0. The van der Waals surface area contributed by atoms with Crippen LogP contribution in [0.3, 0.4) is 0 Å². The predicted octanol–water partition coefficient (Wildman–Crippen LogP) is 5.29. The molecule has 1 aliphatic heterocycles. The second kappa shape index (κ2) is 6.29. The predicted molar refractivity (Wildman–Crippen MR) is 99.1 cm³/mol. The van der Waals surface area contributed by atoms with Gasteiger partial charge in [0.2, 0.25) is 0 Å². The summed E-state index contributed by atoms with van der Waals surface area (Å²) in [6.45, 7) is 0.939. The number of fused-ring (bicyclic) bond motifs is 1. The third kappa shape index (κ3) is 2.67. The van der Waals surface area contributed by atoms with Gasteiger partial charge in [-0.05, 0) is 54.2 Å². The van der Waals surface area contributed by atoms with E-state index in [0.29, 0.717) is 5.49 Å². The molecule has 4 rings (SSSR count). The number of nitrogens with one attached hydrogen (secondary N) is 1. The summed E-state index contributed by atoms with van der Waals surface area (Å²) in [6, 6.07) is 20.4. The molecule has 0 saturated carbocycles. The molecule has 0 aliphatic carbocycles. The molecule has 0 spiro atoms. The van der Waals surface area contributed by atoms with Crippen molar-refractivity contribution in [2.24, 2.45) is 0 Å². The lowest BCUT2D eigenvalue weighted by Crippen LogP contribution is -2.28. The Morgan fingerprint density at radius 1 is 0.875 bits per heavy atom. The molecule has 0 atom stereocenters. The van der Waals surface area contributed by atoms with E-state index in [1.807, 2.05) is 42.5 Å². The fourth-order valence-corrected chi connectivity index (χ4v) is 3.64. The molecule has 3 heteroatoms. The highest BCUT2D eigenvalue weighted by Crippen LogP contribution is 2.32. The van der Waals surface area contributed by atoms with Crippen LogP contribution in [0.5, 0.6) is 0 Å². The van der Waals surface area contributed by atoms with Crippen molar-refractivity contribution in [2.75, 3.05) is 0 Å². The molecule has 2 nitrogen and oxygen atoms in total. The van der Waals surface area contributed by atoms with Crippen LogP contribution < -0.4 is 5.49 Å². The second-order valence-corrected chi connectivity index (χ2v) is 6.69. The number of pyridine rings is 1. The molecule has 2 heterocycles. The van der Waals surface area contributed by atoms with Crippen LogP contribution in [0.15, 0.2) is 60.7 Å². The number of rotatable bonds is 2. The number of aromatic nitrogens is 1. The molecule has 1 aliphatic rings. The van der Waals surface area contributed by atoms with Crippen LogP contribution in [-0.2, 0) is 13.0 Å². The van der Waals surface area contributed by atoms with Crippen molar-refractivity contribution in [3.05, 3.63) is 76.9 Å². The van der Waals surface area contributed by atoms with E-state index in [1.165, 1.54) is 12.1 Å². The van der Waals surface area contributed by atoms with Crippen LogP contribution >= 0.6 is 11.6 Å². The summed E-state index contributed by atoms with van der Waals surface area (Å²) in [5.41, 5.74) is 6.20. The standard InChI is InChI=1S/C21H19ClN2/c22-17-11-9-15(10-12-17)19-14-18-8-4-5-13-24(18)21(23)20(19)16-6-2-1-3-7-16/h1-3,6-7,9-12,14,23H,4-5,8,13H2. The first kappa shape index (κ1) is 15.2. The van der Waals surface area contributed by atoms with Gasteiger partial charge < -0.3 is 4.57 Å². The normalized spacial score (nSPS) is 13.5. The number of hydrogen-bond donors (Lipinski definition) is 1. The van der Waals surface area contributed by atoms with Crippen molar-refractivity contribution in [3.8, 4) is 22.3 Å². The number of nitrogens with zero attached hydrogens (tertiary/aromatic N) is 1. The van der Waals surface area contributed by atoms with E-state index in [0.717, 1.165) is 46.7 Å². The van der Waals surface area contributed by atoms with Crippen LogP contribution in [0.2, 0.25) is 5.02 Å². The Morgan fingerprint density at radius 3 is 2.38 bits per heavy atom. The minimum Gasteiger partial charge on any atom is -0.330 e. The van der Waals surface area contributed by atoms with Gasteiger partial charge in [-0.3, -0.25) is 5.41 Å². The van der Waals surface area contributed by atoms with Crippen molar-refractivity contribution in [1.29, 1.82) is 5.41 Å². The fourth-order valence-electron chi connectivity index (χ4n) is 3.52. The molecule has 1 aromatic heterocycles. The summed E-state index contributed by atoms with van der Waals surface area (Å²) in [7, 11) is 0. The molecule has 0 bridgehead atoms. The van der Waals surface area contributed by atoms with Gasteiger partial charge >= 0.3 is 0 Å². The Bertz CT molecular complexity index is 925. The van der Waals surface area contributed by atoms with E-state index >= 15 is 0 Å². The van der Waals surface area contributed by atoms with Gasteiger partial charge in [0.05, 0.1) is 0 Å². The second-order valence-electron chi connectivity index (χ2n) is 6.25. The molecule has 0 fully saturated rings. The average molecular weight is 335 g/mol. The highest BCUT2D eigenvalue weighted by atomic mass is 35.5. The molecule has 3 aromatic rings. The average Bonchev–Trinajstić information content (AvgIpc) is 2.63. The van der Waals surface area contributed by atoms with Crippen LogP contribution in [-0.4, -0.2) is 4.57 Å². The summed E-state index contributed by atoms with van der Waals surface area (Å²) < 4.78 is 2.17. The Balaban J connectivity index is 2.02. The van der Waals surface area contributed by atoms with Gasteiger partial charge in [0.1, 0.15) is 5.49 Å². The molecule has 2 aromatic carbocycles. The molecule has 120 valence electrons. The van der Waals surface area contributed by atoms with E-state index < -0.39 is 0 Å². The monoisotopic (exact) mass is 334 g/mol. The van der Waals surface area contributed by atoms with Gasteiger partial charge in [0, 0.05) is 22.8 Å². The van der Waals surface area contributed by atoms with Crippen molar-refractivity contribution in [1.82, 2.24) is 4.57 Å². The lowest BCUT2D eigenvalue weighted by molar-refractivity contribution is 0.506. The van der Waals surface area contributed by atoms with E-state index in [-0.39, 0.29) is 0 Å². The first-order chi connectivity index (χ1) is 11.7. The number of halogens is 1. The summed E-state index contributed by atoms with van der Waals surface area (Å²) in [6.07, 6.45) is 3.39. The zero-order chi connectivity index (χ0) is 16.5. The Kier molecular flexibility index (Phi) is 3.99. The number of benzene rings is 2. The van der Waals surface area contributed by atoms with Gasteiger partial charge in [-0.15, -0.1) is 0 Å². The summed E-state index contributed by atoms with van der Waals surface area (Å²) >= 11 is 6.06. The van der Waals surface area contributed by atoms with Crippen molar-refractivity contribution < 1.29 is 0 Å². The van der Waals surface area contributed by atoms with Crippen LogP contribution in [0.1, 0.15) is 18.5 Å². The molecular formula is C21H19ClN2. The van der Waals surface area contributed by atoms with Gasteiger partial charge in [-0.1, -0.05) is 54.1 Å². The quantitative estimate of drug-likeness (QED) is 0.659. The SMILES string of the molecule is N=c1c(-c2ccccc2)c(-c2ccc(Cl)cc2)cc2n1CCCC2. The highest BCUT2D eigenvalue weighted by Gasteiger charge is 2.17. The lowest BCUT2D eigenvalue weighted by Gasteiger charge is -2.23.